The number of aromatic nitrogens is 4. The molecule has 0 saturated carbocycles. The highest BCUT2D eigenvalue weighted by Crippen LogP contribution is 2.42. The van der Waals surface area contributed by atoms with Crippen LogP contribution in [0.1, 0.15) is 93.5 Å². The Kier molecular flexibility index (Phi) is 12.7. The number of H-pyrrole nitrogens is 1. The minimum absolute atomic E-state index is 0.0883. The number of ether oxygens (including phenoxy) is 1. The highest BCUT2D eigenvalue weighted by molar-refractivity contribution is 6.05. The Bertz CT molecular complexity index is 2800. The van der Waals surface area contributed by atoms with Crippen molar-refractivity contribution in [3.05, 3.63) is 90.0 Å². The lowest BCUT2D eigenvalue weighted by Crippen LogP contribution is -2.56. The van der Waals surface area contributed by atoms with Gasteiger partial charge >= 0.3 is 6.03 Å². The van der Waals surface area contributed by atoms with E-state index in [-0.39, 0.29) is 66.6 Å². The Hall–Kier alpha value is -7.08. The third-order valence-electron chi connectivity index (χ3n) is 14.8. The summed E-state index contributed by atoms with van der Waals surface area (Å²) in [6.07, 6.45) is 8.45. The second kappa shape index (κ2) is 19.0. The maximum absolute atomic E-state index is 13.7. The second-order valence-corrected chi connectivity index (χ2v) is 20.8. The van der Waals surface area contributed by atoms with Crippen molar-refractivity contribution < 1.29 is 28.7 Å². The van der Waals surface area contributed by atoms with Gasteiger partial charge in [-0.15, -0.1) is 0 Å². The number of urea groups is 1. The molecule has 2 atom stereocenters. The van der Waals surface area contributed by atoms with E-state index >= 15 is 0 Å². The van der Waals surface area contributed by atoms with E-state index in [2.05, 4.69) is 58.4 Å². The van der Waals surface area contributed by atoms with Crippen LogP contribution >= 0.6 is 0 Å². The van der Waals surface area contributed by atoms with E-state index in [1.807, 2.05) is 51.2 Å². The van der Waals surface area contributed by atoms with E-state index in [1.165, 1.54) is 4.90 Å². The van der Waals surface area contributed by atoms with Crippen LogP contribution in [0.4, 0.5) is 22.1 Å². The summed E-state index contributed by atoms with van der Waals surface area (Å²) in [5, 5.41) is 5.73. The smallest absolute Gasteiger partial charge is 0.320 e. The van der Waals surface area contributed by atoms with Gasteiger partial charge in [0, 0.05) is 76.1 Å². The summed E-state index contributed by atoms with van der Waals surface area (Å²) in [6.45, 7) is 11.8. The summed E-state index contributed by atoms with van der Waals surface area (Å²) in [6, 6.07) is 18.6. The van der Waals surface area contributed by atoms with Gasteiger partial charge in [-0.3, -0.25) is 24.5 Å². The number of piperazine rings is 1. The fourth-order valence-corrected chi connectivity index (χ4v) is 10.8. The number of aromatic amines is 1. The molecule has 0 bridgehead atoms. The van der Waals surface area contributed by atoms with Gasteiger partial charge < -0.3 is 45.3 Å². The van der Waals surface area contributed by atoms with Gasteiger partial charge in [-0.25, -0.2) is 19.7 Å². The monoisotopic (exact) mass is 950 g/mol. The molecular weight excluding hydrogens is 889 g/mol. The number of pyridine rings is 2. The number of hydrogen-bond donors (Lipinski definition) is 4. The van der Waals surface area contributed by atoms with Crippen molar-refractivity contribution in [2.24, 2.45) is 16.6 Å². The maximum atomic E-state index is 13.7. The molecule has 4 saturated heterocycles. The molecule has 366 valence electrons. The van der Waals surface area contributed by atoms with Gasteiger partial charge in [0.15, 0.2) is 6.61 Å². The van der Waals surface area contributed by atoms with Crippen molar-refractivity contribution in [3.63, 3.8) is 0 Å². The first-order valence-electron chi connectivity index (χ1n) is 24.6. The number of nitrogens with zero attached hydrogens (tertiary/aromatic N) is 8. The number of nitrogens with two attached hydrogens (primary N) is 1. The standard InChI is InChI=1S/C52H62N12O6/c1-51(2,3)29-38(53)47-57-39-9-7-33(27-40(39)58-47)34-13-18-54-43(28-34)56-35-8-11-44(55-30-35)60-23-25-63(26-24-60)50(69)62-21-16-52(17-22-62)14-19-61(20-15-52)46(66)32-70-42-6-4-5-36-37(42)31-64(49(36)68)41-10-12-45(65)59-48(41)67/h4-9,11,13,18,27-28,30,38,41H,10,12,14-17,19-26,29,31-32,53H2,1-3H3,(H,54,56)(H,57,58)(H,59,65,67). The lowest BCUT2D eigenvalue weighted by atomic mass is 9.71. The van der Waals surface area contributed by atoms with Gasteiger partial charge in [0.05, 0.1) is 35.5 Å². The predicted molar refractivity (Wildman–Crippen MR) is 264 cm³/mol. The van der Waals surface area contributed by atoms with Crippen molar-refractivity contribution in [3.8, 4) is 16.9 Å². The van der Waals surface area contributed by atoms with Crippen LogP contribution in [0.15, 0.2) is 73.1 Å². The molecule has 3 aromatic heterocycles. The van der Waals surface area contributed by atoms with Gasteiger partial charge in [0.2, 0.25) is 11.8 Å². The molecule has 6 amide bonds. The van der Waals surface area contributed by atoms with Crippen LogP contribution < -0.4 is 26.0 Å². The second-order valence-electron chi connectivity index (χ2n) is 20.8. The molecule has 5 aromatic rings. The summed E-state index contributed by atoms with van der Waals surface area (Å²) in [5.74, 6) is 1.62. The van der Waals surface area contributed by atoms with E-state index in [1.54, 1.807) is 24.4 Å². The van der Waals surface area contributed by atoms with Crippen LogP contribution in [-0.4, -0.2) is 134 Å². The molecule has 18 heteroatoms. The van der Waals surface area contributed by atoms with E-state index in [4.69, 9.17) is 20.4 Å². The molecule has 1 spiro atoms. The minimum atomic E-state index is -0.724. The first kappa shape index (κ1) is 46.6. The van der Waals surface area contributed by atoms with Crippen LogP contribution in [0.25, 0.3) is 22.2 Å². The van der Waals surface area contributed by atoms with Gasteiger partial charge in [0.25, 0.3) is 11.8 Å². The Morgan fingerprint density at radius 1 is 0.871 bits per heavy atom. The fourth-order valence-electron chi connectivity index (χ4n) is 10.8. The number of piperidine rings is 3. The number of imide groups is 1. The average Bonchev–Trinajstić information content (AvgIpc) is 3.94. The third-order valence-corrected chi connectivity index (χ3v) is 14.8. The number of nitrogens with one attached hydrogen (secondary N) is 3. The van der Waals surface area contributed by atoms with Crippen LogP contribution in [0.5, 0.6) is 5.75 Å². The van der Waals surface area contributed by atoms with Crippen LogP contribution in [0.2, 0.25) is 0 Å². The Morgan fingerprint density at radius 2 is 1.60 bits per heavy atom. The molecule has 2 unspecified atom stereocenters. The van der Waals surface area contributed by atoms with E-state index in [9.17, 15) is 24.0 Å². The summed E-state index contributed by atoms with van der Waals surface area (Å²) < 4.78 is 6.03. The number of carbonyl (C=O) groups is 5. The molecule has 0 aliphatic carbocycles. The Morgan fingerprint density at radius 3 is 2.31 bits per heavy atom. The predicted octanol–water partition coefficient (Wildman–Crippen LogP) is 5.99. The Balaban J connectivity index is 0.655. The quantitative estimate of drug-likeness (QED) is 0.119. The minimum Gasteiger partial charge on any atom is -0.483 e. The molecule has 5 aliphatic heterocycles. The number of hydrogen-bond acceptors (Lipinski definition) is 12. The number of amides is 6. The van der Waals surface area contributed by atoms with Gasteiger partial charge in [-0.2, -0.15) is 0 Å². The molecule has 2 aromatic carbocycles. The number of likely N-dealkylation sites (tertiary alicyclic amines) is 2. The summed E-state index contributed by atoms with van der Waals surface area (Å²) in [5.41, 5.74) is 12.5. The number of rotatable bonds is 10. The van der Waals surface area contributed by atoms with Gasteiger partial charge in [-0.05, 0) is 109 Å². The zero-order valence-corrected chi connectivity index (χ0v) is 40.2. The molecule has 8 heterocycles. The normalized spacial score (nSPS) is 19.9. The summed E-state index contributed by atoms with van der Waals surface area (Å²) in [7, 11) is 0. The number of anilines is 3. The lowest BCUT2D eigenvalue weighted by molar-refractivity contribution is -0.137. The SMILES string of the molecule is CC(C)(C)CC(N)c1nc2ccc(-c3ccnc(Nc4ccc(N5CCN(C(=O)N6CCC7(CCN(C(=O)COc8cccc9c8CN(C8CCC(=O)NC8=O)C9=O)CC7)CC6)CC5)nc4)c3)cc2[nH]1. The molecule has 0 radical (unpaired) electrons. The van der Waals surface area contributed by atoms with E-state index < -0.39 is 11.9 Å². The molecular formula is C52H62N12O6. The van der Waals surface area contributed by atoms with Crippen LogP contribution in [-0.2, 0) is 20.9 Å². The number of fused-ring (bicyclic) bond motifs is 2. The van der Waals surface area contributed by atoms with Gasteiger partial charge in [-0.1, -0.05) is 32.9 Å². The highest BCUT2D eigenvalue weighted by Gasteiger charge is 2.42. The first-order chi connectivity index (χ1) is 33.7. The van der Waals surface area contributed by atoms with Crippen molar-refractivity contribution in [1.82, 2.24) is 44.9 Å². The van der Waals surface area contributed by atoms with Gasteiger partial charge in [0.1, 0.15) is 29.3 Å². The third kappa shape index (κ3) is 9.86. The summed E-state index contributed by atoms with van der Waals surface area (Å²) in [4.78, 5) is 91.6. The molecule has 5 N–H and O–H groups in total. The number of benzene rings is 2. The molecule has 5 aliphatic rings. The first-order valence-corrected chi connectivity index (χ1v) is 24.6. The zero-order chi connectivity index (χ0) is 48.7. The lowest BCUT2D eigenvalue weighted by Gasteiger charge is -2.48. The van der Waals surface area contributed by atoms with Crippen LogP contribution in [0, 0.1) is 10.8 Å². The Labute approximate surface area is 407 Å². The fraction of sp³-hybridized carbons (Fsp3) is 0.462. The highest BCUT2D eigenvalue weighted by atomic mass is 16.5. The zero-order valence-electron chi connectivity index (χ0n) is 40.2. The van der Waals surface area contributed by atoms with Crippen LogP contribution in [0.3, 0.4) is 0 Å². The average molecular weight is 951 g/mol. The molecule has 18 nitrogen and oxygen atoms in total. The number of carbonyl (C=O) groups excluding carboxylic acids is 5. The molecule has 10 rings (SSSR count). The van der Waals surface area contributed by atoms with E-state index in [0.717, 1.165) is 71.6 Å². The molecule has 4 fully saturated rings. The topological polar surface area (TPSA) is 215 Å². The van der Waals surface area contributed by atoms with E-state index in [0.29, 0.717) is 75.1 Å². The summed E-state index contributed by atoms with van der Waals surface area (Å²) >= 11 is 0. The molecule has 70 heavy (non-hydrogen) atoms. The van der Waals surface area contributed by atoms with Crippen molar-refractivity contribution >= 4 is 58.0 Å². The van der Waals surface area contributed by atoms with Crippen molar-refractivity contribution in [2.75, 3.05) is 69.2 Å². The largest absolute Gasteiger partial charge is 0.483 e. The maximum Gasteiger partial charge on any atom is 0.320 e. The van der Waals surface area contributed by atoms with Crippen molar-refractivity contribution in [2.45, 2.75) is 84.3 Å². The number of imidazole rings is 1. The van der Waals surface area contributed by atoms with Crippen molar-refractivity contribution in [1.29, 1.82) is 0 Å².